The van der Waals surface area contributed by atoms with E-state index in [1.54, 1.807) is 43.7 Å². The number of aromatic nitrogens is 2. The highest BCUT2D eigenvalue weighted by molar-refractivity contribution is 5.95. The highest BCUT2D eigenvalue weighted by Crippen LogP contribution is 2.10. The lowest BCUT2D eigenvalue weighted by Crippen LogP contribution is -2.34. The number of nitrogens with zero attached hydrogens (tertiary/aromatic N) is 2. The van der Waals surface area contributed by atoms with Crippen molar-refractivity contribution in [3.63, 3.8) is 0 Å². The van der Waals surface area contributed by atoms with Crippen molar-refractivity contribution < 1.29 is 14.0 Å². The van der Waals surface area contributed by atoms with Gasteiger partial charge in [-0.15, -0.1) is 0 Å². The zero-order valence-corrected chi connectivity index (χ0v) is 14.8. The largest absolute Gasteiger partial charge is 0.350 e. The summed E-state index contributed by atoms with van der Waals surface area (Å²) >= 11 is 0. The molecule has 0 aliphatic rings. The molecule has 0 aliphatic carbocycles. The number of rotatable bonds is 6. The number of hydrogen-bond donors (Lipinski definition) is 2. The molecular weight excluding hydrogens is 347 g/mol. The van der Waals surface area contributed by atoms with Crippen LogP contribution in [-0.2, 0) is 0 Å². The quantitative estimate of drug-likeness (QED) is 0.658. The lowest BCUT2D eigenvalue weighted by molar-refractivity contribution is 0.0927. The Morgan fingerprint density at radius 1 is 1.00 bits per heavy atom. The smallest absolute Gasteiger partial charge is 0.251 e. The summed E-state index contributed by atoms with van der Waals surface area (Å²) in [5.41, 5.74) is 2.16. The van der Waals surface area contributed by atoms with E-state index in [-0.39, 0.29) is 30.5 Å². The SMILES string of the molecule is Cc1ccc(C(=O)NCCNC(=O)c2ccc(-n3ccnc3)cc2)cc1F. The van der Waals surface area contributed by atoms with Crippen molar-refractivity contribution in [2.75, 3.05) is 13.1 Å². The number of imidazole rings is 1. The zero-order valence-electron chi connectivity index (χ0n) is 14.8. The van der Waals surface area contributed by atoms with Gasteiger partial charge in [0.05, 0.1) is 6.33 Å². The first-order valence-corrected chi connectivity index (χ1v) is 8.45. The monoisotopic (exact) mass is 366 g/mol. The Bertz CT molecular complexity index is 937. The minimum atomic E-state index is -0.421. The van der Waals surface area contributed by atoms with Gasteiger partial charge in [0.25, 0.3) is 11.8 Å². The Labute approximate surface area is 156 Å². The molecule has 0 saturated heterocycles. The Morgan fingerprint density at radius 3 is 2.22 bits per heavy atom. The number of benzene rings is 2. The molecule has 3 rings (SSSR count). The van der Waals surface area contributed by atoms with E-state index in [0.717, 1.165) is 5.69 Å². The van der Waals surface area contributed by atoms with E-state index in [4.69, 9.17) is 0 Å². The molecule has 0 unspecified atom stereocenters. The van der Waals surface area contributed by atoms with Gasteiger partial charge in [-0.3, -0.25) is 9.59 Å². The van der Waals surface area contributed by atoms with Crippen molar-refractivity contribution in [1.29, 1.82) is 0 Å². The molecule has 2 N–H and O–H groups in total. The van der Waals surface area contributed by atoms with E-state index in [9.17, 15) is 14.0 Å². The van der Waals surface area contributed by atoms with Gasteiger partial charge in [0, 0.05) is 42.3 Å². The lowest BCUT2D eigenvalue weighted by atomic mass is 10.1. The predicted molar refractivity (Wildman–Crippen MR) is 99.4 cm³/mol. The first-order valence-electron chi connectivity index (χ1n) is 8.45. The average molecular weight is 366 g/mol. The molecule has 27 heavy (non-hydrogen) atoms. The van der Waals surface area contributed by atoms with Crippen LogP contribution in [0, 0.1) is 12.7 Å². The first kappa shape index (κ1) is 18.3. The third-order valence-corrected chi connectivity index (χ3v) is 4.06. The second-order valence-corrected chi connectivity index (χ2v) is 5.99. The highest BCUT2D eigenvalue weighted by Gasteiger charge is 2.09. The third-order valence-electron chi connectivity index (χ3n) is 4.06. The fourth-order valence-electron chi connectivity index (χ4n) is 2.49. The van der Waals surface area contributed by atoms with Gasteiger partial charge in [-0.1, -0.05) is 6.07 Å². The van der Waals surface area contributed by atoms with Crippen molar-refractivity contribution in [3.8, 4) is 5.69 Å². The number of aryl methyl sites for hydroxylation is 1. The van der Waals surface area contributed by atoms with Gasteiger partial charge in [-0.05, 0) is 48.9 Å². The Hall–Kier alpha value is -3.48. The van der Waals surface area contributed by atoms with E-state index in [2.05, 4.69) is 15.6 Å². The first-order chi connectivity index (χ1) is 13.0. The van der Waals surface area contributed by atoms with E-state index >= 15 is 0 Å². The van der Waals surface area contributed by atoms with Crippen LogP contribution in [-0.4, -0.2) is 34.5 Å². The molecule has 1 aromatic heterocycles. The highest BCUT2D eigenvalue weighted by atomic mass is 19.1. The van der Waals surface area contributed by atoms with E-state index in [0.29, 0.717) is 11.1 Å². The fraction of sp³-hybridized carbons (Fsp3) is 0.150. The number of carbonyl (C=O) groups is 2. The van der Waals surface area contributed by atoms with Gasteiger partial charge in [0.1, 0.15) is 5.82 Å². The molecule has 0 aliphatic heterocycles. The number of carbonyl (C=O) groups excluding carboxylic acids is 2. The molecule has 0 radical (unpaired) electrons. The van der Waals surface area contributed by atoms with Crippen LogP contribution in [0.25, 0.3) is 5.69 Å². The van der Waals surface area contributed by atoms with Crippen LogP contribution in [0.15, 0.2) is 61.2 Å². The van der Waals surface area contributed by atoms with Crippen molar-refractivity contribution >= 4 is 11.8 Å². The van der Waals surface area contributed by atoms with E-state index in [1.165, 1.54) is 6.07 Å². The summed E-state index contributed by atoms with van der Waals surface area (Å²) in [7, 11) is 0. The summed E-state index contributed by atoms with van der Waals surface area (Å²) in [5.74, 6) is -1.04. The van der Waals surface area contributed by atoms with Crippen molar-refractivity contribution in [1.82, 2.24) is 20.2 Å². The maximum absolute atomic E-state index is 13.5. The second kappa shape index (κ2) is 8.27. The van der Waals surface area contributed by atoms with Crippen molar-refractivity contribution in [2.24, 2.45) is 0 Å². The molecule has 3 aromatic rings. The van der Waals surface area contributed by atoms with Crippen molar-refractivity contribution in [2.45, 2.75) is 6.92 Å². The lowest BCUT2D eigenvalue weighted by Gasteiger charge is -2.08. The topological polar surface area (TPSA) is 76.0 Å². The molecular formula is C20H19FN4O2. The Morgan fingerprint density at radius 2 is 1.63 bits per heavy atom. The predicted octanol–water partition coefficient (Wildman–Crippen LogP) is 2.48. The van der Waals surface area contributed by atoms with Crippen LogP contribution >= 0.6 is 0 Å². The molecule has 7 heteroatoms. The zero-order chi connectivity index (χ0) is 19.2. The van der Waals surface area contributed by atoms with Crippen molar-refractivity contribution in [3.05, 3.63) is 83.7 Å². The number of amides is 2. The standard InChI is InChI=1S/C20H19FN4O2/c1-14-2-3-16(12-18(14)21)20(27)24-9-8-23-19(26)15-4-6-17(7-5-15)25-11-10-22-13-25/h2-7,10-13H,8-9H2,1H3,(H,23,26)(H,24,27). The van der Waals surface area contributed by atoms with Crippen LogP contribution < -0.4 is 10.6 Å². The fourth-order valence-corrected chi connectivity index (χ4v) is 2.49. The van der Waals surface area contributed by atoms with Crippen LogP contribution in [0.1, 0.15) is 26.3 Å². The molecule has 0 spiro atoms. The van der Waals surface area contributed by atoms with Gasteiger partial charge >= 0.3 is 0 Å². The summed E-state index contributed by atoms with van der Waals surface area (Å²) in [4.78, 5) is 28.1. The summed E-state index contributed by atoms with van der Waals surface area (Å²) < 4.78 is 15.3. The van der Waals surface area contributed by atoms with Gasteiger partial charge in [-0.25, -0.2) is 9.37 Å². The third kappa shape index (κ3) is 4.58. The molecule has 0 saturated carbocycles. The normalized spacial score (nSPS) is 10.4. The molecule has 2 aromatic carbocycles. The van der Waals surface area contributed by atoms with Crippen LogP contribution in [0.5, 0.6) is 0 Å². The summed E-state index contributed by atoms with van der Waals surface area (Å²) in [6.07, 6.45) is 5.18. The Kier molecular flexibility index (Phi) is 5.61. The van der Waals surface area contributed by atoms with Crippen LogP contribution in [0.4, 0.5) is 4.39 Å². The minimum absolute atomic E-state index is 0.234. The number of hydrogen-bond acceptors (Lipinski definition) is 3. The van der Waals surface area contributed by atoms with E-state index < -0.39 is 5.82 Å². The minimum Gasteiger partial charge on any atom is -0.350 e. The van der Waals surface area contributed by atoms with Gasteiger partial charge in [0.2, 0.25) is 0 Å². The Balaban J connectivity index is 1.46. The van der Waals surface area contributed by atoms with Crippen LogP contribution in [0.3, 0.4) is 0 Å². The molecule has 1 heterocycles. The molecule has 0 atom stereocenters. The van der Waals surface area contributed by atoms with E-state index in [1.807, 2.05) is 22.9 Å². The summed E-state index contributed by atoms with van der Waals surface area (Å²) in [6.45, 7) is 2.14. The molecule has 2 amide bonds. The maximum Gasteiger partial charge on any atom is 0.251 e. The van der Waals surface area contributed by atoms with Gasteiger partial charge in [-0.2, -0.15) is 0 Å². The average Bonchev–Trinajstić information content (AvgIpc) is 3.22. The molecule has 0 fully saturated rings. The summed E-state index contributed by atoms with van der Waals surface area (Å²) in [6, 6.07) is 11.4. The molecule has 0 bridgehead atoms. The van der Waals surface area contributed by atoms with Crippen LogP contribution in [0.2, 0.25) is 0 Å². The summed E-state index contributed by atoms with van der Waals surface area (Å²) in [5, 5.41) is 5.38. The van der Waals surface area contributed by atoms with Gasteiger partial charge in [0.15, 0.2) is 0 Å². The number of nitrogens with one attached hydrogen (secondary N) is 2. The molecule has 138 valence electrons. The molecule has 6 nitrogen and oxygen atoms in total. The maximum atomic E-state index is 13.5. The second-order valence-electron chi connectivity index (χ2n) is 5.99. The van der Waals surface area contributed by atoms with Gasteiger partial charge < -0.3 is 15.2 Å². The number of halogens is 1.